The lowest BCUT2D eigenvalue weighted by molar-refractivity contribution is 1.08. The molecule has 0 unspecified atom stereocenters. The molecule has 0 radical (unpaired) electrons. The minimum absolute atomic E-state index is 0.823. The van der Waals surface area contributed by atoms with Gasteiger partial charge in [-0.25, -0.2) is 9.97 Å². The molecule has 0 atom stereocenters. The van der Waals surface area contributed by atoms with Crippen LogP contribution in [0.3, 0.4) is 0 Å². The fourth-order valence-corrected chi connectivity index (χ4v) is 9.75. The highest BCUT2D eigenvalue weighted by molar-refractivity contribution is 6.37. The van der Waals surface area contributed by atoms with Crippen LogP contribution < -0.4 is 0 Å². The van der Waals surface area contributed by atoms with E-state index in [1.807, 2.05) is 0 Å². The van der Waals surface area contributed by atoms with Gasteiger partial charge in [0.05, 0.1) is 22.1 Å². The van der Waals surface area contributed by atoms with Crippen molar-refractivity contribution in [3.05, 3.63) is 188 Å². The molecule has 2 aromatic heterocycles. The van der Waals surface area contributed by atoms with E-state index in [1.165, 1.54) is 70.9 Å². The first-order chi connectivity index (χ1) is 28.3. The summed E-state index contributed by atoms with van der Waals surface area (Å²) in [6, 6.07) is 68.3. The summed E-state index contributed by atoms with van der Waals surface area (Å²) in [5.74, 6) is 0.823. The van der Waals surface area contributed by atoms with E-state index < -0.39 is 0 Å². The van der Waals surface area contributed by atoms with Gasteiger partial charge in [0.1, 0.15) is 5.69 Å². The lowest BCUT2D eigenvalue weighted by Crippen LogP contribution is -2.04. The Balaban J connectivity index is 1.17. The molecule has 0 saturated carbocycles. The first kappa shape index (κ1) is 30.7. The van der Waals surface area contributed by atoms with Gasteiger partial charge in [-0.3, -0.25) is 4.57 Å². The number of hydrogen-bond acceptors (Lipinski definition) is 2. The van der Waals surface area contributed by atoms with Gasteiger partial charge in [-0.1, -0.05) is 170 Å². The van der Waals surface area contributed by atoms with Crippen molar-refractivity contribution in [1.29, 1.82) is 0 Å². The number of aromatic nitrogens is 3. The fraction of sp³-hybridized carbons (Fsp3) is 0. The lowest BCUT2D eigenvalue weighted by atomic mass is 9.91. The van der Waals surface area contributed by atoms with E-state index in [1.54, 1.807) is 0 Å². The summed E-state index contributed by atoms with van der Waals surface area (Å²) in [6.07, 6.45) is 0. The van der Waals surface area contributed by atoms with Gasteiger partial charge in [0.25, 0.3) is 0 Å². The third kappa shape index (κ3) is 4.26. The summed E-state index contributed by atoms with van der Waals surface area (Å²) >= 11 is 0. The van der Waals surface area contributed by atoms with Gasteiger partial charge in [0, 0.05) is 32.5 Å². The average molecular weight is 722 g/mol. The van der Waals surface area contributed by atoms with Gasteiger partial charge >= 0.3 is 0 Å². The molecule has 13 rings (SSSR count). The Bertz CT molecular complexity index is 3690. The first-order valence-electron chi connectivity index (χ1n) is 19.6. The third-order valence-electron chi connectivity index (χ3n) is 12.3. The predicted molar refractivity (Wildman–Crippen MR) is 239 cm³/mol. The van der Waals surface area contributed by atoms with E-state index in [2.05, 4.69) is 193 Å². The van der Waals surface area contributed by atoms with Gasteiger partial charge < -0.3 is 0 Å². The summed E-state index contributed by atoms with van der Waals surface area (Å²) in [6.45, 7) is 0. The van der Waals surface area contributed by atoms with Crippen molar-refractivity contribution in [3.8, 4) is 50.5 Å². The van der Waals surface area contributed by atoms with E-state index in [-0.39, 0.29) is 0 Å². The standard InChI is InChI=1S/C54H31N3/c1-2-13-36-31-37(28-25-32(36)11-1)33-23-26-35(27-24-33)51-54(55-46-30-29-34-12-3-4-14-38(34)52(46)56-51)57-47-22-10-21-44-40-16-6-5-15-39(40)42-19-9-20-43-41-17-7-8-18-45(41)53(57)50(48(42)43)49(44)47/h1-31H. The van der Waals surface area contributed by atoms with Crippen LogP contribution in [0.15, 0.2) is 188 Å². The van der Waals surface area contributed by atoms with Crippen LogP contribution in [0.5, 0.6) is 0 Å². The van der Waals surface area contributed by atoms with Crippen molar-refractivity contribution >= 4 is 75.9 Å². The lowest BCUT2D eigenvalue weighted by Gasteiger charge is -2.18. The largest absolute Gasteiger partial charge is 0.291 e. The molecular formula is C54H31N3. The molecule has 57 heavy (non-hydrogen) atoms. The summed E-state index contributed by atoms with van der Waals surface area (Å²) in [5.41, 5.74) is 13.3. The molecule has 262 valence electrons. The van der Waals surface area contributed by atoms with Gasteiger partial charge in [-0.05, 0) is 78.5 Å². The Labute approximate surface area is 327 Å². The quantitative estimate of drug-likeness (QED) is 0.170. The number of nitrogens with zero attached hydrogens (tertiary/aromatic N) is 3. The Hall–Kier alpha value is -7.62. The molecule has 0 aliphatic heterocycles. The van der Waals surface area contributed by atoms with Gasteiger partial charge in [0.2, 0.25) is 0 Å². The van der Waals surface area contributed by atoms with Crippen LogP contribution in [0.4, 0.5) is 0 Å². The molecule has 0 N–H and O–H groups in total. The van der Waals surface area contributed by atoms with Crippen LogP contribution in [0, 0.1) is 0 Å². The molecule has 1 aliphatic carbocycles. The van der Waals surface area contributed by atoms with Crippen molar-refractivity contribution in [2.75, 3.05) is 0 Å². The summed E-state index contributed by atoms with van der Waals surface area (Å²) in [4.78, 5) is 11.3. The highest BCUT2D eigenvalue weighted by Crippen LogP contribution is 2.52. The van der Waals surface area contributed by atoms with Gasteiger partial charge in [0.15, 0.2) is 5.82 Å². The molecule has 0 fully saturated rings. The smallest absolute Gasteiger partial charge is 0.165 e. The molecule has 3 nitrogen and oxygen atoms in total. The average Bonchev–Trinajstić information content (AvgIpc) is 3.57. The number of benzene rings is 10. The van der Waals surface area contributed by atoms with Crippen LogP contribution >= 0.6 is 0 Å². The van der Waals surface area contributed by atoms with E-state index in [0.717, 1.165) is 55.5 Å². The molecule has 12 aromatic rings. The predicted octanol–water partition coefficient (Wildman–Crippen LogP) is 14.3. The minimum atomic E-state index is 0.823. The van der Waals surface area contributed by atoms with Crippen molar-refractivity contribution in [2.45, 2.75) is 0 Å². The van der Waals surface area contributed by atoms with Gasteiger partial charge in [-0.2, -0.15) is 0 Å². The number of rotatable bonds is 3. The van der Waals surface area contributed by atoms with E-state index in [4.69, 9.17) is 9.97 Å². The monoisotopic (exact) mass is 721 g/mol. The molecule has 0 bridgehead atoms. The number of hydrogen-bond donors (Lipinski definition) is 0. The molecule has 2 heterocycles. The third-order valence-corrected chi connectivity index (χ3v) is 12.3. The van der Waals surface area contributed by atoms with Gasteiger partial charge in [-0.15, -0.1) is 0 Å². The maximum Gasteiger partial charge on any atom is 0.165 e. The van der Waals surface area contributed by atoms with E-state index in [9.17, 15) is 0 Å². The molecule has 0 amide bonds. The Morgan fingerprint density at radius 3 is 1.77 bits per heavy atom. The van der Waals surface area contributed by atoms with Crippen LogP contribution in [0.1, 0.15) is 0 Å². The van der Waals surface area contributed by atoms with Crippen molar-refractivity contribution in [2.24, 2.45) is 0 Å². The summed E-state index contributed by atoms with van der Waals surface area (Å²) in [7, 11) is 0. The Morgan fingerprint density at radius 1 is 0.351 bits per heavy atom. The molecule has 0 saturated heterocycles. The summed E-state index contributed by atoms with van der Waals surface area (Å²) in [5, 5.41) is 12.2. The molecular weight excluding hydrogens is 691 g/mol. The minimum Gasteiger partial charge on any atom is -0.291 e. The second-order valence-corrected chi connectivity index (χ2v) is 15.3. The van der Waals surface area contributed by atoms with Crippen molar-refractivity contribution < 1.29 is 0 Å². The van der Waals surface area contributed by atoms with Crippen molar-refractivity contribution in [3.63, 3.8) is 0 Å². The molecule has 0 spiro atoms. The first-order valence-corrected chi connectivity index (χ1v) is 19.6. The van der Waals surface area contributed by atoms with E-state index >= 15 is 0 Å². The molecule has 1 aliphatic rings. The zero-order chi connectivity index (χ0) is 37.2. The van der Waals surface area contributed by atoms with Crippen molar-refractivity contribution in [1.82, 2.24) is 14.5 Å². The second-order valence-electron chi connectivity index (χ2n) is 15.3. The topological polar surface area (TPSA) is 30.7 Å². The van der Waals surface area contributed by atoms with Crippen LogP contribution in [0.2, 0.25) is 0 Å². The fourth-order valence-electron chi connectivity index (χ4n) is 9.75. The SMILES string of the molecule is c1ccc2c(c1)-c1cccc3c4ccccc4c4c(c13)c1c-2cccc1n4-c1nc2ccc3ccccc3c2nc1-c1ccc(-c2ccc3ccccc3c2)cc1. The highest BCUT2D eigenvalue weighted by Gasteiger charge is 2.28. The second kappa shape index (κ2) is 11.5. The highest BCUT2D eigenvalue weighted by atomic mass is 15.1. The van der Waals surface area contributed by atoms with Crippen LogP contribution in [-0.4, -0.2) is 14.5 Å². The molecule has 10 aromatic carbocycles. The zero-order valence-corrected chi connectivity index (χ0v) is 30.7. The maximum atomic E-state index is 5.66. The van der Waals surface area contributed by atoms with E-state index in [0.29, 0.717) is 0 Å². The number of fused-ring (bicyclic) bond motifs is 10. The summed E-state index contributed by atoms with van der Waals surface area (Å²) < 4.78 is 2.43. The maximum absolute atomic E-state index is 5.66. The normalized spacial score (nSPS) is 12.2. The van der Waals surface area contributed by atoms with Crippen LogP contribution in [-0.2, 0) is 0 Å². The Morgan fingerprint density at radius 2 is 0.947 bits per heavy atom. The Kier molecular flexibility index (Phi) is 6.16. The molecule has 3 heteroatoms. The zero-order valence-electron chi connectivity index (χ0n) is 30.7. The van der Waals surface area contributed by atoms with Crippen LogP contribution in [0.25, 0.3) is 126 Å².